The predicted molar refractivity (Wildman–Crippen MR) is 84.2 cm³/mol. The highest BCUT2D eigenvalue weighted by molar-refractivity contribution is 5.78. The maximum absolute atomic E-state index is 11.4. The van der Waals surface area contributed by atoms with Crippen LogP contribution in [0.15, 0.2) is 0 Å². The predicted octanol–water partition coefficient (Wildman–Crippen LogP) is 1.59. The Morgan fingerprint density at radius 3 is 2.67 bits per heavy atom. The van der Waals surface area contributed by atoms with E-state index in [1.807, 2.05) is 0 Å². The molecule has 0 aromatic carbocycles. The number of hydrogen-bond donors (Lipinski definition) is 3. The van der Waals surface area contributed by atoms with Crippen molar-refractivity contribution in [3.63, 3.8) is 0 Å². The molecule has 0 aromatic rings. The van der Waals surface area contributed by atoms with E-state index in [1.165, 1.54) is 32.1 Å². The first-order chi connectivity index (χ1) is 10.2. The number of amides is 1. The molecule has 0 aromatic heterocycles. The third-order valence-electron chi connectivity index (χ3n) is 3.56. The van der Waals surface area contributed by atoms with Crippen LogP contribution in [0, 0.1) is 0 Å². The van der Waals surface area contributed by atoms with Gasteiger partial charge in [-0.1, -0.05) is 39.0 Å². The van der Waals surface area contributed by atoms with E-state index in [-0.39, 0.29) is 12.5 Å². The first-order valence-electron chi connectivity index (χ1n) is 8.48. The third-order valence-corrected chi connectivity index (χ3v) is 3.56. The molecule has 0 heterocycles. The molecule has 1 atom stereocenters. The molecule has 5 nitrogen and oxygen atoms in total. The number of ether oxygens (including phenoxy) is 1. The van der Waals surface area contributed by atoms with Crippen LogP contribution < -0.4 is 10.6 Å². The summed E-state index contributed by atoms with van der Waals surface area (Å²) in [5.74, 6) is 0.0118. The summed E-state index contributed by atoms with van der Waals surface area (Å²) in [6, 6.07) is 0.393. The van der Waals surface area contributed by atoms with Gasteiger partial charge in [-0.25, -0.2) is 0 Å². The molecule has 0 radical (unpaired) electrons. The van der Waals surface area contributed by atoms with Crippen LogP contribution in [0.3, 0.4) is 0 Å². The molecule has 1 unspecified atom stereocenters. The smallest absolute Gasteiger partial charge is 0.234 e. The Morgan fingerprint density at radius 1 is 1.24 bits per heavy atom. The van der Waals surface area contributed by atoms with Gasteiger partial charge in [0.15, 0.2) is 0 Å². The van der Waals surface area contributed by atoms with Crippen LogP contribution in [0.5, 0.6) is 0 Å². The Bertz CT molecular complexity index is 270. The van der Waals surface area contributed by atoms with Crippen molar-refractivity contribution >= 4 is 5.91 Å². The molecule has 1 aliphatic rings. The van der Waals surface area contributed by atoms with Gasteiger partial charge in [-0.15, -0.1) is 0 Å². The van der Waals surface area contributed by atoms with E-state index in [4.69, 9.17) is 4.74 Å². The summed E-state index contributed by atoms with van der Waals surface area (Å²) in [6.45, 7) is 3.94. The van der Waals surface area contributed by atoms with Gasteiger partial charge in [-0.2, -0.15) is 0 Å². The van der Waals surface area contributed by atoms with Gasteiger partial charge < -0.3 is 20.5 Å². The standard InChI is InChI=1S/C16H32N2O3/c1-2-3-4-5-6-7-10-21-13-15(19)11-17-12-16(20)18-14-8-9-14/h14-15,17,19H,2-13H2,1H3,(H,18,20). The minimum Gasteiger partial charge on any atom is -0.389 e. The number of carbonyl (C=O) groups is 1. The minimum atomic E-state index is -0.543. The molecular weight excluding hydrogens is 268 g/mol. The van der Waals surface area contributed by atoms with Crippen molar-refractivity contribution in [2.75, 3.05) is 26.3 Å². The SMILES string of the molecule is CCCCCCCCOCC(O)CNCC(=O)NC1CC1. The van der Waals surface area contributed by atoms with Gasteiger partial charge >= 0.3 is 0 Å². The third kappa shape index (κ3) is 11.7. The molecule has 0 aliphatic heterocycles. The molecular formula is C16H32N2O3. The summed E-state index contributed by atoms with van der Waals surface area (Å²) >= 11 is 0. The number of carbonyl (C=O) groups excluding carboxylic acids is 1. The molecule has 5 heteroatoms. The first-order valence-corrected chi connectivity index (χ1v) is 8.48. The normalized spacial score (nSPS) is 15.9. The number of rotatable bonds is 14. The molecule has 1 aliphatic carbocycles. The van der Waals surface area contributed by atoms with Crippen molar-refractivity contribution in [2.24, 2.45) is 0 Å². The summed E-state index contributed by atoms with van der Waals surface area (Å²) in [5, 5.41) is 15.6. The minimum absolute atomic E-state index is 0.0118. The maximum atomic E-state index is 11.4. The number of aliphatic hydroxyl groups excluding tert-OH is 1. The van der Waals surface area contributed by atoms with E-state index >= 15 is 0 Å². The lowest BCUT2D eigenvalue weighted by atomic mass is 10.1. The van der Waals surface area contributed by atoms with Crippen LogP contribution in [0.2, 0.25) is 0 Å². The lowest BCUT2D eigenvalue weighted by Gasteiger charge is -2.12. The molecule has 21 heavy (non-hydrogen) atoms. The lowest BCUT2D eigenvalue weighted by Crippen LogP contribution is -2.39. The monoisotopic (exact) mass is 300 g/mol. The second-order valence-electron chi connectivity index (χ2n) is 5.97. The molecule has 1 rings (SSSR count). The van der Waals surface area contributed by atoms with Gasteiger partial charge in [-0.05, 0) is 19.3 Å². The number of hydrogen-bond acceptors (Lipinski definition) is 4. The Labute approximate surface area is 128 Å². The average Bonchev–Trinajstić information content (AvgIpc) is 3.25. The fourth-order valence-corrected chi connectivity index (χ4v) is 2.12. The van der Waals surface area contributed by atoms with Crippen LogP contribution in [-0.4, -0.2) is 49.5 Å². The average molecular weight is 300 g/mol. The Hall–Kier alpha value is -0.650. The van der Waals surface area contributed by atoms with Crippen molar-refractivity contribution < 1.29 is 14.6 Å². The van der Waals surface area contributed by atoms with Crippen LogP contribution >= 0.6 is 0 Å². The summed E-state index contributed by atoms with van der Waals surface area (Å²) in [4.78, 5) is 11.4. The van der Waals surface area contributed by atoms with Gasteiger partial charge in [0.1, 0.15) is 0 Å². The Balaban J connectivity index is 1.80. The molecule has 124 valence electrons. The van der Waals surface area contributed by atoms with Crippen molar-refractivity contribution in [3.8, 4) is 0 Å². The molecule has 0 saturated heterocycles. The van der Waals surface area contributed by atoms with Crippen molar-refractivity contribution in [2.45, 2.75) is 70.4 Å². The first kappa shape index (κ1) is 18.4. The highest BCUT2D eigenvalue weighted by Crippen LogP contribution is 2.18. The van der Waals surface area contributed by atoms with Crippen LogP contribution in [0.25, 0.3) is 0 Å². The molecule has 0 bridgehead atoms. The van der Waals surface area contributed by atoms with Gasteiger partial charge in [0, 0.05) is 19.2 Å². The second-order valence-corrected chi connectivity index (χ2v) is 5.97. The molecule has 1 fully saturated rings. The van der Waals surface area contributed by atoms with Crippen LogP contribution in [0.1, 0.15) is 58.3 Å². The molecule has 0 spiro atoms. The van der Waals surface area contributed by atoms with Crippen LogP contribution in [-0.2, 0) is 9.53 Å². The summed E-state index contributed by atoms with van der Waals surface area (Å²) in [6.07, 6.45) is 9.10. The quantitative estimate of drug-likeness (QED) is 0.426. The highest BCUT2D eigenvalue weighted by atomic mass is 16.5. The van der Waals surface area contributed by atoms with Crippen molar-refractivity contribution in [1.29, 1.82) is 0 Å². The van der Waals surface area contributed by atoms with E-state index in [1.54, 1.807) is 0 Å². The zero-order valence-corrected chi connectivity index (χ0v) is 13.4. The summed E-state index contributed by atoms with van der Waals surface area (Å²) < 4.78 is 5.44. The lowest BCUT2D eigenvalue weighted by molar-refractivity contribution is -0.120. The van der Waals surface area contributed by atoms with Gasteiger partial charge in [0.25, 0.3) is 0 Å². The van der Waals surface area contributed by atoms with Crippen molar-refractivity contribution in [3.05, 3.63) is 0 Å². The maximum Gasteiger partial charge on any atom is 0.234 e. The topological polar surface area (TPSA) is 70.6 Å². The zero-order chi connectivity index (χ0) is 15.3. The van der Waals surface area contributed by atoms with E-state index < -0.39 is 6.10 Å². The number of unbranched alkanes of at least 4 members (excludes halogenated alkanes) is 5. The molecule has 3 N–H and O–H groups in total. The van der Waals surface area contributed by atoms with Crippen LogP contribution in [0.4, 0.5) is 0 Å². The van der Waals surface area contributed by atoms with Gasteiger partial charge in [0.05, 0.1) is 19.3 Å². The fourth-order valence-electron chi connectivity index (χ4n) is 2.12. The second kappa shape index (κ2) is 12.0. The largest absolute Gasteiger partial charge is 0.389 e. The Morgan fingerprint density at radius 2 is 1.95 bits per heavy atom. The number of nitrogens with one attached hydrogen (secondary N) is 2. The summed E-state index contributed by atoms with van der Waals surface area (Å²) in [5.41, 5.74) is 0. The molecule has 1 saturated carbocycles. The van der Waals surface area contributed by atoms with E-state index in [0.29, 0.717) is 25.8 Å². The zero-order valence-electron chi connectivity index (χ0n) is 13.4. The highest BCUT2D eigenvalue weighted by Gasteiger charge is 2.22. The van der Waals surface area contributed by atoms with E-state index in [0.717, 1.165) is 19.3 Å². The fraction of sp³-hybridized carbons (Fsp3) is 0.938. The van der Waals surface area contributed by atoms with Gasteiger partial charge in [-0.3, -0.25) is 4.79 Å². The van der Waals surface area contributed by atoms with Crippen molar-refractivity contribution in [1.82, 2.24) is 10.6 Å². The number of aliphatic hydroxyl groups is 1. The van der Waals surface area contributed by atoms with Gasteiger partial charge in [0.2, 0.25) is 5.91 Å². The molecule has 1 amide bonds. The van der Waals surface area contributed by atoms with E-state index in [2.05, 4.69) is 17.6 Å². The Kier molecular flexibility index (Phi) is 10.5. The summed E-state index contributed by atoms with van der Waals surface area (Å²) in [7, 11) is 0. The van der Waals surface area contributed by atoms with E-state index in [9.17, 15) is 9.90 Å².